The molecule has 2 heterocycles. The van der Waals surface area contributed by atoms with Crippen molar-refractivity contribution in [1.82, 2.24) is 10.2 Å². The van der Waals surface area contributed by atoms with Gasteiger partial charge in [-0.05, 0) is 23.8 Å². The van der Waals surface area contributed by atoms with Gasteiger partial charge in [-0.15, -0.1) is 0 Å². The molecule has 3 heteroatoms. The van der Waals surface area contributed by atoms with E-state index < -0.39 is 0 Å². The smallest absolute Gasteiger partial charge is 0.222 e. The first-order valence-electron chi connectivity index (χ1n) is 6.85. The normalized spacial score (nSPS) is 26.3. The quantitative estimate of drug-likeness (QED) is 0.869. The molecular weight excluding hydrogens is 224 g/mol. The molecule has 1 aromatic rings. The van der Waals surface area contributed by atoms with Crippen molar-refractivity contribution in [3.63, 3.8) is 0 Å². The first-order chi connectivity index (χ1) is 8.83. The highest BCUT2D eigenvalue weighted by atomic mass is 16.2. The zero-order chi connectivity index (χ0) is 12.4. The maximum absolute atomic E-state index is 12.2. The van der Waals surface area contributed by atoms with Crippen LogP contribution >= 0.6 is 0 Å². The molecule has 2 aliphatic rings. The van der Waals surface area contributed by atoms with Crippen LogP contribution in [-0.2, 0) is 11.2 Å². The zero-order valence-corrected chi connectivity index (χ0v) is 10.6. The van der Waals surface area contributed by atoms with Crippen molar-refractivity contribution in [2.24, 2.45) is 11.8 Å². The summed E-state index contributed by atoms with van der Waals surface area (Å²) in [5, 5.41) is 3.40. The fraction of sp³-hybridized carbons (Fsp3) is 0.533. The molecule has 1 N–H and O–H groups in total. The van der Waals surface area contributed by atoms with E-state index in [2.05, 4.69) is 22.3 Å². The minimum atomic E-state index is 0.327. The number of hydrogen-bond acceptors (Lipinski definition) is 2. The predicted molar refractivity (Wildman–Crippen MR) is 71.2 cm³/mol. The molecule has 0 aromatic heterocycles. The van der Waals surface area contributed by atoms with Gasteiger partial charge in [0.1, 0.15) is 0 Å². The largest absolute Gasteiger partial charge is 0.342 e. The number of likely N-dealkylation sites (tertiary alicyclic amines) is 1. The monoisotopic (exact) mass is 244 g/mol. The number of benzene rings is 1. The summed E-state index contributed by atoms with van der Waals surface area (Å²) in [6.07, 6.45) is 1.51. The van der Waals surface area contributed by atoms with Crippen molar-refractivity contribution in [2.45, 2.75) is 12.8 Å². The van der Waals surface area contributed by atoms with E-state index in [1.807, 2.05) is 18.2 Å². The van der Waals surface area contributed by atoms with Gasteiger partial charge in [0, 0.05) is 32.6 Å². The van der Waals surface area contributed by atoms with E-state index in [1.165, 1.54) is 5.56 Å². The van der Waals surface area contributed by atoms with Crippen molar-refractivity contribution in [3.05, 3.63) is 35.9 Å². The molecule has 2 atom stereocenters. The van der Waals surface area contributed by atoms with Gasteiger partial charge in [0.25, 0.3) is 0 Å². The number of amides is 1. The molecule has 18 heavy (non-hydrogen) atoms. The van der Waals surface area contributed by atoms with Crippen molar-refractivity contribution < 1.29 is 4.79 Å². The number of carbonyl (C=O) groups excluding carboxylic acids is 1. The van der Waals surface area contributed by atoms with Crippen LogP contribution in [0, 0.1) is 11.8 Å². The fourth-order valence-corrected chi connectivity index (χ4v) is 3.11. The average Bonchev–Trinajstić information content (AvgIpc) is 2.98. The molecule has 2 aliphatic heterocycles. The molecular formula is C15H20N2O. The molecule has 0 spiro atoms. The summed E-state index contributed by atoms with van der Waals surface area (Å²) in [5.74, 6) is 1.73. The third kappa shape index (κ3) is 2.41. The summed E-state index contributed by atoms with van der Waals surface area (Å²) in [6.45, 7) is 4.11. The summed E-state index contributed by atoms with van der Waals surface area (Å²) < 4.78 is 0. The molecule has 0 radical (unpaired) electrons. The van der Waals surface area contributed by atoms with E-state index in [1.54, 1.807) is 0 Å². The van der Waals surface area contributed by atoms with Crippen LogP contribution in [0.1, 0.15) is 12.0 Å². The molecule has 2 fully saturated rings. The Bertz CT molecular complexity index is 406. The van der Waals surface area contributed by atoms with Gasteiger partial charge in [-0.2, -0.15) is 0 Å². The third-order valence-corrected chi connectivity index (χ3v) is 4.21. The van der Waals surface area contributed by atoms with Gasteiger partial charge in [-0.1, -0.05) is 30.3 Å². The Morgan fingerprint density at radius 3 is 2.50 bits per heavy atom. The number of carbonyl (C=O) groups is 1. The summed E-state index contributed by atoms with van der Waals surface area (Å²) in [7, 11) is 0. The van der Waals surface area contributed by atoms with E-state index in [4.69, 9.17) is 0 Å². The Hall–Kier alpha value is -1.35. The molecule has 2 saturated heterocycles. The second-order valence-electron chi connectivity index (χ2n) is 5.46. The van der Waals surface area contributed by atoms with Crippen LogP contribution in [0.5, 0.6) is 0 Å². The first kappa shape index (κ1) is 11.7. The van der Waals surface area contributed by atoms with Gasteiger partial charge < -0.3 is 10.2 Å². The lowest BCUT2D eigenvalue weighted by Crippen LogP contribution is -2.31. The summed E-state index contributed by atoms with van der Waals surface area (Å²) in [5.41, 5.74) is 1.26. The van der Waals surface area contributed by atoms with Crippen LogP contribution in [-0.4, -0.2) is 37.0 Å². The number of nitrogens with one attached hydrogen (secondary N) is 1. The van der Waals surface area contributed by atoms with Gasteiger partial charge >= 0.3 is 0 Å². The lowest BCUT2D eigenvalue weighted by atomic mass is 10.0. The Labute approximate surface area is 108 Å². The standard InChI is InChI=1S/C15H20N2O/c18-15(7-6-12-4-2-1-3-5-12)17-10-13-8-16-9-14(13)11-17/h1-5,13-14,16H,6-11H2. The number of aryl methyl sites for hydroxylation is 1. The molecule has 0 aliphatic carbocycles. The van der Waals surface area contributed by atoms with Crippen LogP contribution in [0.3, 0.4) is 0 Å². The van der Waals surface area contributed by atoms with Gasteiger partial charge in [0.15, 0.2) is 0 Å². The third-order valence-electron chi connectivity index (χ3n) is 4.21. The van der Waals surface area contributed by atoms with E-state index in [9.17, 15) is 4.79 Å². The van der Waals surface area contributed by atoms with Crippen LogP contribution in [0.4, 0.5) is 0 Å². The number of hydrogen-bond donors (Lipinski definition) is 1. The maximum Gasteiger partial charge on any atom is 0.222 e. The fourth-order valence-electron chi connectivity index (χ4n) is 3.11. The van der Waals surface area contributed by atoms with E-state index in [0.717, 1.165) is 32.6 Å². The Morgan fingerprint density at radius 2 is 1.83 bits per heavy atom. The zero-order valence-electron chi connectivity index (χ0n) is 10.6. The number of rotatable bonds is 3. The summed E-state index contributed by atoms with van der Waals surface area (Å²) in [4.78, 5) is 14.2. The molecule has 3 nitrogen and oxygen atoms in total. The first-order valence-corrected chi connectivity index (χ1v) is 6.85. The van der Waals surface area contributed by atoms with Crippen molar-refractivity contribution in [2.75, 3.05) is 26.2 Å². The molecule has 2 unspecified atom stereocenters. The Morgan fingerprint density at radius 1 is 1.17 bits per heavy atom. The lowest BCUT2D eigenvalue weighted by molar-refractivity contribution is -0.130. The predicted octanol–water partition coefficient (Wildman–Crippen LogP) is 1.30. The summed E-state index contributed by atoms with van der Waals surface area (Å²) >= 11 is 0. The SMILES string of the molecule is O=C(CCc1ccccc1)N1CC2CNCC2C1. The molecule has 1 amide bonds. The minimum Gasteiger partial charge on any atom is -0.342 e. The highest BCUT2D eigenvalue weighted by Crippen LogP contribution is 2.26. The van der Waals surface area contributed by atoms with Crippen LogP contribution in [0.15, 0.2) is 30.3 Å². The van der Waals surface area contributed by atoms with Crippen LogP contribution in [0.25, 0.3) is 0 Å². The van der Waals surface area contributed by atoms with E-state index in [-0.39, 0.29) is 0 Å². The highest BCUT2D eigenvalue weighted by molar-refractivity contribution is 5.76. The van der Waals surface area contributed by atoms with E-state index in [0.29, 0.717) is 24.2 Å². The minimum absolute atomic E-state index is 0.327. The Balaban J connectivity index is 1.50. The van der Waals surface area contributed by atoms with Crippen LogP contribution in [0.2, 0.25) is 0 Å². The highest BCUT2D eigenvalue weighted by Gasteiger charge is 2.37. The summed E-state index contributed by atoms with van der Waals surface area (Å²) in [6, 6.07) is 10.3. The molecule has 0 saturated carbocycles. The number of fused-ring (bicyclic) bond motifs is 1. The lowest BCUT2D eigenvalue weighted by Gasteiger charge is -2.17. The van der Waals surface area contributed by atoms with Crippen molar-refractivity contribution in [1.29, 1.82) is 0 Å². The van der Waals surface area contributed by atoms with Gasteiger partial charge in [0.05, 0.1) is 0 Å². The second-order valence-corrected chi connectivity index (χ2v) is 5.46. The molecule has 0 bridgehead atoms. The van der Waals surface area contributed by atoms with Gasteiger partial charge in [0.2, 0.25) is 5.91 Å². The molecule has 3 rings (SSSR count). The average molecular weight is 244 g/mol. The van der Waals surface area contributed by atoms with Gasteiger partial charge in [-0.3, -0.25) is 4.79 Å². The van der Waals surface area contributed by atoms with Crippen LogP contribution < -0.4 is 5.32 Å². The van der Waals surface area contributed by atoms with Crippen molar-refractivity contribution in [3.8, 4) is 0 Å². The number of nitrogens with zero attached hydrogens (tertiary/aromatic N) is 1. The molecule has 96 valence electrons. The molecule has 1 aromatic carbocycles. The van der Waals surface area contributed by atoms with Gasteiger partial charge in [-0.25, -0.2) is 0 Å². The topological polar surface area (TPSA) is 32.3 Å². The van der Waals surface area contributed by atoms with Crippen molar-refractivity contribution >= 4 is 5.91 Å². The second kappa shape index (κ2) is 5.11. The maximum atomic E-state index is 12.2. The Kier molecular flexibility index (Phi) is 3.33. The van der Waals surface area contributed by atoms with E-state index >= 15 is 0 Å².